The fourth-order valence-electron chi connectivity index (χ4n) is 1.81. The lowest BCUT2D eigenvalue weighted by Crippen LogP contribution is -2.05. The number of methoxy groups -OCH3 is 2. The molecule has 0 heterocycles. The first-order valence-corrected chi connectivity index (χ1v) is 6.16. The molecule has 0 aliphatic heterocycles. The molecule has 0 saturated heterocycles. The van der Waals surface area contributed by atoms with Crippen LogP contribution in [0.1, 0.15) is 15.9 Å². The van der Waals surface area contributed by atoms with Crippen LogP contribution in [0.3, 0.4) is 0 Å². The number of hydrogen-bond donors (Lipinski definition) is 0. The van der Waals surface area contributed by atoms with Crippen LogP contribution < -0.4 is 9.47 Å². The SMILES string of the molecule is COc1cc(C(=O)c2cc(Cl)ccc2OC)ccc1F. The van der Waals surface area contributed by atoms with Gasteiger partial charge in [0.15, 0.2) is 17.3 Å². The molecule has 3 nitrogen and oxygen atoms in total. The predicted molar refractivity (Wildman–Crippen MR) is 74.4 cm³/mol. The molecule has 0 radical (unpaired) electrons. The molecule has 0 amide bonds. The lowest BCUT2D eigenvalue weighted by atomic mass is 10.0. The largest absolute Gasteiger partial charge is 0.496 e. The maximum atomic E-state index is 13.4. The second kappa shape index (κ2) is 5.92. The third-order valence-electron chi connectivity index (χ3n) is 2.82. The predicted octanol–water partition coefficient (Wildman–Crippen LogP) is 3.73. The third-order valence-corrected chi connectivity index (χ3v) is 3.05. The van der Waals surface area contributed by atoms with Crippen molar-refractivity contribution >= 4 is 17.4 Å². The van der Waals surface area contributed by atoms with Gasteiger partial charge in [0.05, 0.1) is 19.8 Å². The van der Waals surface area contributed by atoms with Gasteiger partial charge >= 0.3 is 0 Å². The molecule has 5 heteroatoms. The average molecular weight is 295 g/mol. The Hall–Kier alpha value is -2.07. The Bertz CT molecular complexity index is 656. The molecule has 2 rings (SSSR count). The smallest absolute Gasteiger partial charge is 0.196 e. The molecule has 0 aliphatic carbocycles. The Morgan fingerprint density at radius 2 is 1.75 bits per heavy atom. The Balaban J connectivity index is 2.48. The van der Waals surface area contributed by atoms with E-state index in [1.165, 1.54) is 38.5 Å². The number of carbonyl (C=O) groups excluding carboxylic acids is 1. The first kappa shape index (κ1) is 14.3. The normalized spacial score (nSPS) is 10.2. The van der Waals surface area contributed by atoms with Crippen molar-refractivity contribution in [3.05, 3.63) is 58.4 Å². The highest BCUT2D eigenvalue weighted by Gasteiger charge is 2.17. The minimum absolute atomic E-state index is 0.0110. The Kier molecular flexibility index (Phi) is 4.25. The number of benzene rings is 2. The van der Waals surface area contributed by atoms with Crippen molar-refractivity contribution in [3.8, 4) is 11.5 Å². The van der Waals surface area contributed by atoms with Crippen molar-refractivity contribution in [3.63, 3.8) is 0 Å². The number of rotatable bonds is 4. The van der Waals surface area contributed by atoms with Crippen LogP contribution in [0.25, 0.3) is 0 Å². The molecular weight excluding hydrogens is 283 g/mol. The lowest BCUT2D eigenvalue weighted by Gasteiger charge is -2.09. The molecule has 0 N–H and O–H groups in total. The van der Waals surface area contributed by atoms with Gasteiger partial charge < -0.3 is 9.47 Å². The molecule has 0 aromatic heterocycles. The topological polar surface area (TPSA) is 35.5 Å². The van der Waals surface area contributed by atoms with Gasteiger partial charge in [0.25, 0.3) is 0 Å². The van der Waals surface area contributed by atoms with E-state index in [0.29, 0.717) is 21.9 Å². The second-order valence-corrected chi connectivity index (χ2v) is 4.46. The van der Waals surface area contributed by atoms with Crippen LogP contribution in [0.2, 0.25) is 5.02 Å². The molecule has 0 spiro atoms. The average Bonchev–Trinajstić information content (AvgIpc) is 2.47. The van der Waals surface area contributed by atoms with Gasteiger partial charge in [-0.25, -0.2) is 4.39 Å². The van der Waals surface area contributed by atoms with Gasteiger partial charge in [0.2, 0.25) is 0 Å². The Labute approximate surface area is 120 Å². The van der Waals surface area contributed by atoms with Crippen LogP contribution in [0.4, 0.5) is 4.39 Å². The molecule has 0 atom stereocenters. The summed E-state index contributed by atoms with van der Waals surface area (Å²) in [6.45, 7) is 0. The number of ketones is 1. The summed E-state index contributed by atoms with van der Waals surface area (Å²) < 4.78 is 23.4. The minimum atomic E-state index is -0.526. The van der Waals surface area contributed by atoms with Gasteiger partial charge in [0.1, 0.15) is 5.75 Å². The summed E-state index contributed by atoms with van der Waals surface area (Å²) in [6, 6.07) is 8.67. The van der Waals surface area contributed by atoms with Crippen molar-refractivity contribution < 1.29 is 18.7 Å². The minimum Gasteiger partial charge on any atom is -0.496 e. The van der Waals surface area contributed by atoms with Crippen LogP contribution in [-0.4, -0.2) is 20.0 Å². The maximum absolute atomic E-state index is 13.4. The first-order chi connectivity index (χ1) is 9.56. The van der Waals surface area contributed by atoms with Crippen molar-refractivity contribution in [2.24, 2.45) is 0 Å². The molecule has 2 aromatic carbocycles. The summed E-state index contributed by atoms with van der Waals surface area (Å²) in [4.78, 5) is 12.4. The van der Waals surface area contributed by atoms with Crippen molar-refractivity contribution in [1.82, 2.24) is 0 Å². The summed E-state index contributed by atoms with van der Waals surface area (Å²) in [5, 5.41) is 0.420. The van der Waals surface area contributed by atoms with Gasteiger partial charge in [-0.2, -0.15) is 0 Å². The summed E-state index contributed by atoms with van der Waals surface area (Å²) in [5.74, 6) is -0.427. The van der Waals surface area contributed by atoms with E-state index in [2.05, 4.69) is 0 Å². The highest BCUT2D eigenvalue weighted by molar-refractivity contribution is 6.31. The number of hydrogen-bond acceptors (Lipinski definition) is 3. The van der Waals surface area contributed by atoms with Crippen molar-refractivity contribution in [2.75, 3.05) is 14.2 Å². The number of halogens is 2. The highest BCUT2D eigenvalue weighted by Crippen LogP contribution is 2.27. The number of carbonyl (C=O) groups is 1. The zero-order valence-electron chi connectivity index (χ0n) is 10.9. The quantitative estimate of drug-likeness (QED) is 0.806. The fourth-order valence-corrected chi connectivity index (χ4v) is 1.99. The van der Waals surface area contributed by atoms with Crippen molar-refractivity contribution in [1.29, 1.82) is 0 Å². The van der Waals surface area contributed by atoms with E-state index in [-0.39, 0.29) is 11.5 Å². The van der Waals surface area contributed by atoms with E-state index in [1.807, 2.05) is 0 Å². The summed E-state index contributed by atoms with van der Waals surface area (Å²) in [5.41, 5.74) is 0.609. The van der Waals surface area contributed by atoms with Crippen molar-refractivity contribution in [2.45, 2.75) is 0 Å². The molecule has 0 bridgehead atoms. The lowest BCUT2D eigenvalue weighted by molar-refractivity contribution is 0.103. The van der Waals surface area contributed by atoms with Gasteiger partial charge in [-0.1, -0.05) is 11.6 Å². The molecule has 0 unspecified atom stereocenters. The van der Waals surface area contributed by atoms with Crippen LogP contribution in [0, 0.1) is 5.82 Å². The molecule has 2 aromatic rings. The molecular formula is C15H12ClFO3. The van der Waals surface area contributed by atoms with Gasteiger partial charge in [-0.3, -0.25) is 4.79 Å². The zero-order valence-corrected chi connectivity index (χ0v) is 11.7. The first-order valence-electron chi connectivity index (χ1n) is 5.78. The second-order valence-electron chi connectivity index (χ2n) is 4.02. The highest BCUT2D eigenvalue weighted by atomic mass is 35.5. The summed E-state index contributed by atoms with van der Waals surface area (Å²) in [6.07, 6.45) is 0. The third kappa shape index (κ3) is 2.75. The van der Waals surface area contributed by atoms with E-state index >= 15 is 0 Å². The monoisotopic (exact) mass is 294 g/mol. The van der Waals surface area contributed by atoms with Gasteiger partial charge in [0, 0.05) is 10.6 Å². The van der Waals surface area contributed by atoms with Gasteiger partial charge in [-0.15, -0.1) is 0 Å². The zero-order chi connectivity index (χ0) is 14.7. The van der Waals surface area contributed by atoms with Crippen LogP contribution in [0.15, 0.2) is 36.4 Å². The van der Waals surface area contributed by atoms with Gasteiger partial charge in [-0.05, 0) is 36.4 Å². The molecule has 0 saturated carbocycles. The van der Waals surface area contributed by atoms with E-state index in [9.17, 15) is 9.18 Å². The number of ether oxygens (including phenoxy) is 2. The van der Waals surface area contributed by atoms with Crippen LogP contribution in [0.5, 0.6) is 11.5 Å². The fraction of sp³-hybridized carbons (Fsp3) is 0.133. The van der Waals surface area contributed by atoms with Crippen LogP contribution >= 0.6 is 11.6 Å². The van der Waals surface area contributed by atoms with Crippen LogP contribution in [-0.2, 0) is 0 Å². The summed E-state index contributed by atoms with van der Waals surface area (Å²) >= 11 is 5.90. The van der Waals surface area contributed by atoms with E-state index in [1.54, 1.807) is 12.1 Å². The molecule has 104 valence electrons. The van der Waals surface area contributed by atoms with E-state index in [0.717, 1.165) is 0 Å². The molecule has 0 fully saturated rings. The maximum Gasteiger partial charge on any atom is 0.196 e. The Morgan fingerprint density at radius 1 is 1.05 bits per heavy atom. The Morgan fingerprint density at radius 3 is 2.40 bits per heavy atom. The van der Waals surface area contributed by atoms with E-state index in [4.69, 9.17) is 21.1 Å². The molecule has 0 aliphatic rings. The summed E-state index contributed by atoms with van der Waals surface area (Å²) in [7, 11) is 2.80. The van der Waals surface area contributed by atoms with E-state index < -0.39 is 5.82 Å². The molecule has 20 heavy (non-hydrogen) atoms. The standard InChI is InChI=1S/C15H12ClFO3/c1-19-13-6-4-10(16)8-11(13)15(18)9-3-5-12(17)14(7-9)20-2/h3-8H,1-2H3.